The molecule has 0 bridgehead atoms. The third kappa shape index (κ3) is 1.93. The number of nitro groups is 1. The van der Waals surface area contributed by atoms with Gasteiger partial charge >= 0.3 is 5.69 Å². The maximum absolute atomic E-state index is 10.7. The van der Waals surface area contributed by atoms with Gasteiger partial charge in [-0.05, 0) is 11.6 Å². The van der Waals surface area contributed by atoms with Gasteiger partial charge in [0.1, 0.15) is 11.2 Å². The first-order valence-corrected chi connectivity index (χ1v) is 3.77. The summed E-state index contributed by atoms with van der Waals surface area (Å²) in [7, 11) is 0. The summed E-state index contributed by atoms with van der Waals surface area (Å²) in [6.45, 7) is 0. The Bertz CT molecular complexity index is 348. The highest BCUT2D eigenvalue weighted by Gasteiger charge is 2.19. The topological polar surface area (TPSA) is 73.1 Å². The molecule has 0 spiro atoms. The minimum absolute atomic E-state index is 0.169. The quantitative estimate of drug-likeness (QED) is 0.435. The van der Waals surface area contributed by atoms with E-state index >= 15 is 0 Å². The first kappa shape index (κ1) is 9.88. The van der Waals surface area contributed by atoms with E-state index in [2.05, 4.69) is 4.98 Å². The molecule has 0 saturated heterocycles. The highest BCUT2D eigenvalue weighted by molar-refractivity contribution is 6.68. The van der Waals surface area contributed by atoms with E-state index in [4.69, 9.17) is 23.2 Å². The minimum Gasteiger partial charge on any atom is -0.275 e. The number of nitrogens with zero attached hydrogens (tertiary/aromatic N) is 2. The van der Waals surface area contributed by atoms with Crippen LogP contribution in [-0.2, 0) is 0 Å². The van der Waals surface area contributed by atoms with Crippen LogP contribution in [0.25, 0.3) is 0 Å². The second kappa shape index (κ2) is 3.68. The maximum Gasteiger partial charge on any atom is 0.306 e. The lowest BCUT2D eigenvalue weighted by atomic mass is 10.3. The minimum atomic E-state index is -0.874. The van der Waals surface area contributed by atoms with Crippen LogP contribution in [0, 0.1) is 10.1 Å². The Morgan fingerprint density at radius 1 is 1.54 bits per heavy atom. The number of hydrogen-bond donors (Lipinski definition) is 0. The number of rotatable bonds is 2. The third-order valence-corrected chi connectivity index (χ3v) is 1.87. The van der Waals surface area contributed by atoms with Crippen LogP contribution in [0.2, 0.25) is 5.02 Å². The summed E-state index contributed by atoms with van der Waals surface area (Å²) in [5.74, 6) is 0. The van der Waals surface area contributed by atoms with Gasteiger partial charge in [-0.25, -0.2) is 0 Å². The first-order valence-electron chi connectivity index (χ1n) is 3.01. The molecule has 5 nitrogen and oxygen atoms in total. The molecular formula is C6H2Cl2N2O3. The number of carbonyl (C=O) groups excluding carboxylic acids is 1. The largest absolute Gasteiger partial charge is 0.306 e. The summed E-state index contributed by atoms with van der Waals surface area (Å²) >= 11 is 10.6. The van der Waals surface area contributed by atoms with Crippen molar-refractivity contribution < 1.29 is 9.72 Å². The van der Waals surface area contributed by atoms with Crippen LogP contribution in [0.15, 0.2) is 12.4 Å². The van der Waals surface area contributed by atoms with Crippen LogP contribution in [0.3, 0.4) is 0 Å². The Morgan fingerprint density at radius 3 is 2.62 bits per heavy atom. The fourth-order valence-electron chi connectivity index (χ4n) is 0.698. The van der Waals surface area contributed by atoms with E-state index in [0.717, 1.165) is 12.4 Å². The molecular weight excluding hydrogens is 219 g/mol. The molecule has 7 heteroatoms. The van der Waals surface area contributed by atoms with Crippen LogP contribution in [-0.4, -0.2) is 15.1 Å². The van der Waals surface area contributed by atoms with Crippen molar-refractivity contribution in [1.82, 2.24) is 4.98 Å². The lowest BCUT2D eigenvalue weighted by Gasteiger charge is -1.97. The fourth-order valence-corrected chi connectivity index (χ4v) is 1.14. The van der Waals surface area contributed by atoms with Crippen molar-refractivity contribution in [2.24, 2.45) is 0 Å². The van der Waals surface area contributed by atoms with E-state index < -0.39 is 15.9 Å². The number of carbonyl (C=O) groups is 1. The number of aromatic nitrogens is 1. The average molecular weight is 221 g/mol. The molecule has 0 atom stereocenters. The standard InChI is InChI=1S/C6H2Cl2N2O3/c7-5-3(6(8)11)1-9-2-4(5)10(12)13/h1-2H. The van der Waals surface area contributed by atoms with Gasteiger partial charge in [0, 0.05) is 6.20 Å². The number of hydrogen-bond acceptors (Lipinski definition) is 4. The van der Waals surface area contributed by atoms with E-state index in [1.807, 2.05) is 0 Å². The second-order valence-electron chi connectivity index (χ2n) is 2.05. The smallest absolute Gasteiger partial charge is 0.275 e. The lowest BCUT2D eigenvalue weighted by Crippen LogP contribution is -1.97. The summed E-state index contributed by atoms with van der Waals surface area (Å²) in [6.07, 6.45) is 2.02. The van der Waals surface area contributed by atoms with E-state index in [1.54, 1.807) is 0 Å². The predicted octanol–water partition coefficient (Wildman–Crippen LogP) is 2.02. The molecule has 0 radical (unpaired) electrons. The summed E-state index contributed by atoms with van der Waals surface area (Å²) in [5, 5.41) is 9.16. The molecule has 0 saturated carbocycles. The van der Waals surface area contributed by atoms with E-state index in [1.165, 1.54) is 0 Å². The van der Waals surface area contributed by atoms with Crippen LogP contribution in [0.1, 0.15) is 10.4 Å². The van der Waals surface area contributed by atoms with E-state index in [-0.39, 0.29) is 10.6 Å². The normalized spacial score (nSPS) is 9.69. The van der Waals surface area contributed by atoms with Crippen molar-refractivity contribution in [2.45, 2.75) is 0 Å². The van der Waals surface area contributed by atoms with Crippen molar-refractivity contribution in [3.8, 4) is 0 Å². The SMILES string of the molecule is O=C(Cl)c1cncc([N+](=O)[O-])c1Cl. The lowest BCUT2D eigenvalue weighted by molar-refractivity contribution is -0.385. The molecule has 0 aromatic carbocycles. The molecule has 0 aliphatic carbocycles. The average Bonchev–Trinajstić information content (AvgIpc) is 2.03. The van der Waals surface area contributed by atoms with Crippen LogP contribution in [0.5, 0.6) is 0 Å². The van der Waals surface area contributed by atoms with Gasteiger partial charge in [-0.15, -0.1) is 0 Å². The van der Waals surface area contributed by atoms with Gasteiger partial charge in [-0.2, -0.15) is 0 Å². The number of halogens is 2. The Hall–Kier alpha value is -1.20. The molecule has 13 heavy (non-hydrogen) atoms. The van der Waals surface area contributed by atoms with Crippen molar-refractivity contribution >= 4 is 34.1 Å². The Kier molecular flexibility index (Phi) is 2.79. The van der Waals surface area contributed by atoms with Gasteiger partial charge in [0.15, 0.2) is 0 Å². The third-order valence-electron chi connectivity index (χ3n) is 1.27. The van der Waals surface area contributed by atoms with Crippen LogP contribution in [0.4, 0.5) is 5.69 Å². The van der Waals surface area contributed by atoms with Crippen molar-refractivity contribution in [3.05, 3.63) is 33.1 Å². The molecule has 0 amide bonds. The molecule has 1 rings (SSSR count). The molecule has 0 N–H and O–H groups in total. The van der Waals surface area contributed by atoms with E-state index in [0.29, 0.717) is 0 Å². The molecule has 1 aromatic rings. The van der Waals surface area contributed by atoms with Crippen molar-refractivity contribution in [2.75, 3.05) is 0 Å². The molecule has 68 valence electrons. The van der Waals surface area contributed by atoms with Gasteiger partial charge < -0.3 is 0 Å². The van der Waals surface area contributed by atoms with Crippen LogP contribution < -0.4 is 0 Å². The second-order valence-corrected chi connectivity index (χ2v) is 2.77. The Labute approximate surface area is 82.4 Å². The van der Waals surface area contributed by atoms with Gasteiger partial charge in [0.2, 0.25) is 0 Å². The summed E-state index contributed by atoms with van der Waals surface area (Å²) in [4.78, 5) is 23.7. The zero-order valence-corrected chi connectivity index (χ0v) is 7.54. The molecule has 0 aliphatic heterocycles. The number of pyridine rings is 1. The summed E-state index contributed by atoms with van der Waals surface area (Å²) in [6, 6.07) is 0. The monoisotopic (exact) mass is 220 g/mol. The molecule has 0 fully saturated rings. The molecule has 1 heterocycles. The van der Waals surface area contributed by atoms with E-state index in [9.17, 15) is 14.9 Å². The van der Waals surface area contributed by atoms with Gasteiger partial charge in [0.25, 0.3) is 5.24 Å². The van der Waals surface area contributed by atoms with Gasteiger partial charge in [-0.3, -0.25) is 19.9 Å². The van der Waals surface area contributed by atoms with Crippen molar-refractivity contribution in [1.29, 1.82) is 0 Å². The van der Waals surface area contributed by atoms with Gasteiger partial charge in [-0.1, -0.05) is 11.6 Å². The summed E-state index contributed by atoms with van der Waals surface area (Å²) in [5.41, 5.74) is -0.606. The highest BCUT2D eigenvalue weighted by atomic mass is 35.5. The Balaban J connectivity index is 3.35. The maximum atomic E-state index is 10.7. The molecule has 1 aromatic heterocycles. The first-order chi connectivity index (χ1) is 6.04. The molecule has 0 unspecified atom stereocenters. The predicted molar refractivity (Wildman–Crippen MR) is 46.1 cm³/mol. The molecule has 0 aliphatic rings. The summed E-state index contributed by atoms with van der Waals surface area (Å²) < 4.78 is 0. The Morgan fingerprint density at radius 2 is 2.15 bits per heavy atom. The van der Waals surface area contributed by atoms with Crippen LogP contribution >= 0.6 is 23.2 Å². The van der Waals surface area contributed by atoms with Crippen molar-refractivity contribution in [3.63, 3.8) is 0 Å². The highest BCUT2D eigenvalue weighted by Crippen LogP contribution is 2.27. The van der Waals surface area contributed by atoms with Gasteiger partial charge in [0.05, 0.1) is 10.5 Å². The zero-order valence-electron chi connectivity index (χ0n) is 6.03. The zero-order chi connectivity index (χ0) is 10.0. The fraction of sp³-hybridized carbons (Fsp3) is 0.